The highest BCUT2D eigenvalue weighted by molar-refractivity contribution is 5.77. The molecular weight excluding hydrogens is 767 g/mol. The van der Waals surface area contributed by atoms with Crippen LogP contribution in [0.5, 0.6) is 0 Å². The summed E-state index contributed by atoms with van der Waals surface area (Å²) in [7, 11) is 0. The Balaban J connectivity index is 4.60. The maximum absolute atomic E-state index is 13.2. The molecule has 3 N–H and O–H groups in total. The molecular formula is C56H103NO5. The number of rotatable bonds is 48. The highest BCUT2D eigenvalue weighted by atomic mass is 16.5. The van der Waals surface area contributed by atoms with Crippen molar-refractivity contribution >= 4 is 11.9 Å². The van der Waals surface area contributed by atoms with Gasteiger partial charge in [0.05, 0.1) is 25.2 Å². The normalized spacial score (nSPS) is 13.6. The highest BCUT2D eigenvalue weighted by Gasteiger charge is 2.24. The summed E-state index contributed by atoms with van der Waals surface area (Å²) in [5.74, 6) is -0.508. The van der Waals surface area contributed by atoms with Crippen molar-refractivity contribution in [2.75, 3.05) is 6.61 Å². The second-order valence-corrected chi connectivity index (χ2v) is 18.2. The molecule has 0 bridgehead atoms. The number of aliphatic hydroxyl groups excluding tert-OH is 2. The Bertz CT molecular complexity index is 1070. The maximum Gasteiger partial charge on any atom is 0.306 e. The van der Waals surface area contributed by atoms with Crippen LogP contribution in [-0.4, -0.2) is 46.9 Å². The number of hydrogen-bond donors (Lipinski definition) is 3. The predicted octanol–water partition coefficient (Wildman–Crippen LogP) is 16.2. The predicted molar refractivity (Wildman–Crippen MR) is 269 cm³/mol. The van der Waals surface area contributed by atoms with Gasteiger partial charge < -0.3 is 20.3 Å². The number of nitrogens with one attached hydrogen (secondary N) is 1. The maximum atomic E-state index is 13.2. The second kappa shape index (κ2) is 49.8. The van der Waals surface area contributed by atoms with Crippen molar-refractivity contribution in [2.24, 2.45) is 0 Å². The van der Waals surface area contributed by atoms with Crippen molar-refractivity contribution in [1.29, 1.82) is 0 Å². The third-order valence-corrected chi connectivity index (χ3v) is 12.1. The van der Waals surface area contributed by atoms with Crippen molar-refractivity contribution in [2.45, 2.75) is 289 Å². The number of aliphatic hydroxyl groups is 2. The Kier molecular flexibility index (Phi) is 48.1. The Morgan fingerprint density at radius 3 is 1.35 bits per heavy atom. The third-order valence-electron chi connectivity index (χ3n) is 12.1. The van der Waals surface area contributed by atoms with Crippen LogP contribution in [0, 0.1) is 0 Å². The SMILES string of the molecule is CC/C=C/C/C=C/C/C=C/CCCCCCC(=O)OC(CCCCC/C=C/CCCCCCCCC)CC(=O)NC(CO)C(O)CCCCCCCCCCCCCCCCC. The molecule has 6 nitrogen and oxygen atoms in total. The molecule has 0 aromatic rings. The van der Waals surface area contributed by atoms with E-state index in [4.69, 9.17) is 4.74 Å². The average molecular weight is 870 g/mol. The number of carbonyl (C=O) groups is 2. The zero-order valence-corrected chi connectivity index (χ0v) is 41.3. The molecule has 0 fully saturated rings. The summed E-state index contributed by atoms with van der Waals surface area (Å²) < 4.78 is 5.92. The summed E-state index contributed by atoms with van der Waals surface area (Å²) in [6.45, 7) is 6.38. The molecule has 0 aliphatic heterocycles. The monoisotopic (exact) mass is 870 g/mol. The minimum absolute atomic E-state index is 0.0588. The first-order valence-corrected chi connectivity index (χ1v) is 26.9. The van der Waals surface area contributed by atoms with E-state index in [2.05, 4.69) is 74.7 Å². The molecule has 1 amide bonds. The van der Waals surface area contributed by atoms with Crippen LogP contribution < -0.4 is 5.32 Å². The number of amides is 1. The molecule has 3 atom stereocenters. The van der Waals surface area contributed by atoms with E-state index in [-0.39, 0.29) is 24.9 Å². The van der Waals surface area contributed by atoms with Gasteiger partial charge in [0, 0.05) is 6.42 Å². The molecule has 0 radical (unpaired) electrons. The lowest BCUT2D eigenvalue weighted by Gasteiger charge is -2.24. The van der Waals surface area contributed by atoms with Gasteiger partial charge in [-0.25, -0.2) is 0 Å². The van der Waals surface area contributed by atoms with Crippen LogP contribution in [0.4, 0.5) is 0 Å². The summed E-state index contributed by atoms with van der Waals surface area (Å²) in [5, 5.41) is 23.8. The Hall–Kier alpha value is -2.18. The fourth-order valence-corrected chi connectivity index (χ4v) is 8.09. The van der Waals surface area contributed by atoms with Crippen molar-refractivity contribution in [3.63, 3.8) is 0 Å². The number of ether oxygens (including phenoxy) is 1. The zero-order chi connectivity index (χ0) is 45.2. The van der Waals surface area contributed by atoms with Gasteiger partial charge in [-0.2, -0.15) is 0 Å². The van der Waals surface area contributed by atoms with Gasteiger partial charge in [0.2, 0.25) is 5.91 Å². The van der Waals surface area contributed by atoms with Crippen LogP contribution in [-0.2, 0) is 14.3 Å². The van der Waals surface area contributed by atoms with Crippen LogP contribution in [0.1, 0.15) is 271 Å². The lowest BCUT2D eigenvalue weighted by molar-refractivity contribution is -0.151. The molecule has 62 heavy (non-hydrogen) atoms. The van der Waals surface area contributed by atoms with Crippen molar-refractivity contribution in [3.8, 4) is 0 Å². The molecule has 0 aliphatic carbocycles. The summed E-state index contributed by atoms with van der Waals surface area (Å²) in [6, 6.07) is -0.711. The molecule has 0 aliphatic rings. The van der Waals surface area contributed by atoms with Gasteiger partial charge in [0.25, 0.3) is 0 Å². The number of esters is 1. The molecule has 0 spiro atoms. The first kappa shape index (κ1) is 59.8. The molecule has 3 unspecified atom stereocenters. The summed E-state index contributed by atoms with van der Waals surface area (Å²) >= 11 is 0. The van der Waals surface area contributed by atoms with Crippen LogP contribution in [0.15, 0.2) is 48.6 Å². The quantitative estimate of drug-likeness (QED) is 0.0322. The first-order chi connectivity index (χ1) is 30.5. The van der Waals surface area contributed by atoms with Crippen molar-refractivity contribution < 1.29 is 24.5 Å². The van der Waals surface area contributed by atoms with Gasteiger partial charge in [-0.15, -0.1) is 0 Å². The third kappa shape index (κ3) is 44.4. The molecule has 6 heteroatoms. The van der Waals surface area contributed by atoms with Gasteiger partial charge in [0.1, 0.15) is 6.10 Å². The van der Waals surface area contributed by atoms with Gasteiger partial charge >= 0.3 is 5.97 Å². The van der Waals surface area contributed by atoms with E-state index < -0.39 is 18.2 Å². The summed E-state index contributed by atoms with van der Waals surface area (Å²) in [4.78, 5) is 26.2. The number of carbonyl (C=O) groups excluding carboxylic acids is 2. The molecule has 0 heterocycles. The Morgan fingerprint density at radius 2 is 0.871 bits per heavy atom. The zero-order valence-electron chi connectivity index (χ0n) is 41.3. The van der Waals surface area contributed by atoms with E-state index in [0.717, 1.165) is 103 Å². The van der Waals surface area contributed by atoms with E-state index in [1.807, 2.05) is 0 Å². The summed E-state index contributed by atoms with van der Waals surface area (Å²) in [6.07, 6.45) is 60.3. The number of unbranched alkanes of at least 4 members (excludes halogenated alkanes) is 28. The van der Waals surface area contributed by atoms with E-state index in [1.165, 1.54) is 122 Å². The fourth-order valence-electron chi connectivity index (χ4n) is 8.09. The van der Waals surface area contributed by atoms with Gasteiger partial charge in [0.15, 0.2) is 0 Å². The average Bonchev–Trinajstić information content (AvgIpc) is 3.26. The van der Waals surface area contributed by atoms with Crippen molar-refractivity contribution in [3.05, 3.63) is 48.6 Å². The van der Waals surface area contributed by atoms with Gasteiger partial charge in [-0.1, -0.05) is 223 Å². The largest absolute Gasteiger partial charge is 0.462 e. The first-order valence-electron chi connectivity index (χ1n) is 26.9. The molecule has 0 saturated carbocycles. The van der Waals surface area contributed by atoms with E-state index in [1.54, 1.807) is 0 Å². The van der Waals surface area contributed by atoms with Crippen LogP contribution in [0.25, 0.3) is 0 Å². The van der Waals surface area contributed by atoms with E-state index in [9.17, 15) is 19.8 Å². The van der Waals surface area contributed by atoms with Crippen LogP contribution in [0.2, 0.25) is 0 Å². The van der Waals surface area contributed by atoms with Gasteiger partial charge in [-0.3, -0.25) is 9.59 Å². The van der Waals surface area contributed by atoms with Crippen molar-refractivity contribution in [1.82, 2.24) is 5.32 Å². The molecule has 362 valence electrons. The standard InChI is InChI=1S/C56H103NO5/c1-4-7-10-13-16-19-22-25-28-30-33-36-39-42-45-48-54(59)53(51-58)57-55(60)50-52(47-44-41-38-35-32-29-26-23-20-17-14-11-8-5-2)62-56(61)49-46-43-40-37-34-31-27-24-21-18-15-12-9-6-3/h9,12,18,21,27,29,31-32,52-54,58-59H,4-8,10-11,13-17,19-20,22-26,28,30,33-51H2,1-3H3,(H,57,60)/b12-9+,21-18+,31-27+,32-29+. The Labute approximate surface area is 385 Å². The molecule has 0 aromatic carbocycles. The number of allylic oxidation sites excluding steroid dienone is 8. The number of hydrogen-bond acceptors (Lipinski definition) is 5. The summed E-state index contributed by atoms with van der Waals surface area (Å²) in [5.41, 5.74) is 0. The molecule has 0 aromatic heterocycles. The molecule has 0 saturated heterocycles. The van der Waals surface area contributed by atoms with Crippen LogP contribution in [0.3, 0.4) is 0 Å². The minimum Gasteiger partial charge on any atom is -0.462 e. The fraction of sp³-hybridized carbons (Fsp3) is 0.821. The van der Waals surface area contributed by atoms with Crippen LogP contribution >= 0.6 is 0 Å². The van der Waals surface area contributed by atoms with E-state index in [0.29, 0.717) is 19.3 Å². The Morgan fingerprint density at radius 1 is 0.484 bits per heavy atom. The topological polar surface area (TPSA) is 95.9 Å². The highest BCUT2D eigenvalue weighted by Crippen LogP contribution is 2.18. The van der Waals surface area contributed by atoms with Gasteiger partial charge in [-0.05, 0) is 83.5 Å². The lowest BCUT2D eigenvalue weighted by atomic mass is 10.0. The molecule has 0 rings (SSSR count). The minimum atomic E-state index is -0.795. The second-order valence-electron chi connectivity index (χ2n) is 18.2. The van der Waals surface area contributed by atoms with E-state index >= 15 is 0 Å². The lowest BCUT2D eigenvalue weighted by Crippen LogP contribution is -2.46. The smallest absolute Gasteiger partial charge is 0.306 e.